The highest BCUT2D eigenvalue weighted by molar-refractivity contribution is 6.46. The van der Waals surface area contributed by atoms with E-state index >= 15 is 0 Å². The van der Waals surface area contributed by atoms with Gasteiger partial charge in [-0.05, 0) is 36.8 Å². The Bertz CT molecular complexity index is 1270. The molecule has 1 aromatic heterocycles. The zero-order valence-corrected chi connectivity index (χ0v) is 17.8. The van der Waals surface area contributed by atoms with Crippen LogP contribution in [0.4, 0.5) is 5.69 Å². The normalized spacial score (nSPS) is 17.4. The number of benzene rings is 2. The number of aliphatic hydroxyl groups excluding tert-OH is 1. The zero-order valence-electron chi connectivity index (χ0n) is 17.8. The number of aryl methyl sites for hydroxylation is 1. The predicted molar refractivity (Wildman–Crippen MR) is 117 cm³/mol. The van der Waals surface area contributed by atoms with E-state index in [1.54, 1.807) is 50.4 Å². The summed E-state index contributed by atoms with van der Waals surface area (Å²) in [7, 11) is 1.54. The first kappa shape index (κ1) is 21.8. The van der Waals surface area contributed by atoms with Crippen LogP contribution in [0.5, 0.6) is 5.75 Å². The van der Waals surface area contributed by atoms with E-state index < -0.39 is 28.4 Å². The van der Waals surface area contributed by atoms with Gasteiger partial charge in [0.25, 0.3) is 17.4 Å². The van der Waals surface area contributed by atoms with Crippen molar-refractivity contribution in [3.63, 3.8) is 0 Å². The van der Waals surface area contributed by atoms with Crippen LogP contribution >= 0.6 is 0 Å². The van der Waals surface area contributed by atoms with Crippen molar-refractivity contribution in [2.24, 2.45) is 0 Å². The highest BCUT2D eigenvalue weighted by Crippen LogP contribution is 2.41. The number of Topliss-reactive ketones (excluding diaryl/α,β-unsaturated/α-hetero) is 1. The van der Waals surface area contributed by atoms with Crippen LogP contribution in [-0.2, 0) is 16.1 Å². The molecule has 168 valence electrons. The number of likely N-dealkylation sites (tertiary alicyclic amines) is 1. The Morgan fingerprint density at radius 1 is 1.15 bits per heavy atom. The maximum absolute atomic E-state index is 13.0. The highest BCUT2D eigenvalue weighted by atomic mass is 16.6. The van der Waals surface area contributed by atoms with Gasteiger partial charge in [0.05, 0.1) is 17.6 Å². The summed E-state index contributed by atoms with van der Waals surface area (Å²) < 4.78 is 10.9. The summed E-state index contributed by atoms with van der Waals surface area (Å²) >= 11 is 0. The Morgan fingerprint density at radius 2 is 1.88 bits per heavy atom. The summed E-state index contributed by atoms with van der Waals surface area (Å²) in [5.41, 5.74) is 0.349. The molecule has 2 heterocycles. The number of carbonyl (C=O) groups is 2. The molecule has 3 aromatic rings. The van der Waals surface area contributed by atoms with Gasteiger partial charge < -0.3 is 19.2 Å². The Balaban J connectivity index is 1.82. The molecular formula is C24H20N2O7. The Kier molecular flexibility index (Phi) is 5.70. The fourth-order valence-electron chi connectivity index (χ4n) is 3.79. The lowest BCUT2D eigenvalue weighted by Crippen LogP contribution is -2.29. The predicted octanol–water partition coefficient (Wildman–Crippen LogP) is 4.13. The molecule has 1 aliphatic rings. The van der Waals surface area contributed by atoms with Gasteiger partial charge in [-0.2, -0.15) is 0 Å². The number of nitrogens with zero attached hydrogens (tertiary/aromatic N) is 2. The third-order valence-corrected chi connectivity index (χ3v) is 5.41. The molecule has 1 saturated heterocycles. The first-order chi connectivity index (χ1) is 15.8. The summed E-state index contributed by atoms with van der Waals surface area (Å²) in [5, 5.41) is 22.2. The fraction of sp³-hybridized carbons (Fsp3) is 0.167. The van der Waals surface area contributed by atoms with Crippen LogP contribution in [0.1, 0.15) is 28.7 Å². The van der Waals surface area contributed by atoms with Crippen LogP contribution < -0.4 is 4.74 Å². The van der Waals surface area contributed by atoms with Crippen LogP contribution in [0.2, 0.25) is 0 Å². The number of carbonyl (C=O) groups excluding carboxylic acids is 2. The minimum absolute atomic E-state index is 0.0555. The number of aliphatic hydroxyl groups is 1. The van der Waals surface area contributed by atoms with E-state index in [9.17, 15) is 24.8 Å². The van der Waals surface area contributed by atoms with Crippen molar-refractivity contribution < 1.29 is 28.8 Å². The molecule has 1 N–H and O–H groups in total. The number of furan rings is 1. The minimum Gasteiger partial charge on any atom is -0.507 e. The number of ether oxygens (including phenoxy) is 1. The van der Waals surface area contributed by atoms with Gasteiger partial charge in [-0.1, -0.05) is 24.3 Å². The van der Waals surface area contributed by atoms with Crippen LogP contribution in [-0.4, -0.2) is 33.7 Å². The molecule has 0 aliphatic carbocycles. The summed E-state index contributed by atoms with van der Waals surface area (Å²) in [6, 6.07) is 14.6. The second-order valence-corrected chi connectivity index (χ2v) is 7.53. The maximum Gasteiger partial charge on any atom is 0.296 e. The van der Waals surface area contributed by atoms with Crippen LogP contribution in [0, 0.1) is 17.0 Å². The van der Waals surface area contributed by atoms with Gasteiger partial charge in [0.1, 0.15) is 29.1 Å². The van der Waals surface area contributed by atoms with Crippen molar-refractivity contribution in [3.8, 4) is 5.75 Å². The minimum atomic E-state index is -1.000. The van der Waals surface area contributed by atoms with Crippen LogP contribution in [0.15, 0.2) is 70.7 Å². The Labute approximate surface area is 188 Å². The zero-order chi connectivity index (χ0) is 23.7. The average molecular weight is 448 g/mol. The molecule has 33 heavy (non-hydrogen) atoms. The van der Waals surface area contributed by atoms with Crippen LogP contribution in [0.3, 0.4) is 0 Å². The third-order valence-electron chi connectivity index (χ3n) is 5.41. The monoisotopic (exact) mass is 448 g/mol. The van der Waals surface area contributed by atoms with Gasteiger partial charge in [-0.25, -0.2) is 0 Å². The number of methoxy groups -OCH3 is 1. The highest BCUT2D eigenvalue weighted by Gasteiger charge is 2.47. The number of hydrogen-bond acceptors (Lipinski definition) is 7. The van der Waals surface area contributed by atoms with Crippen LogP contribution in [0.25, 0.3) is 5.76 Å². The molecule has 1 fully saturated rings. The third kappa shape index (κ3) is 4.08. The molecule has 0 saturated carbocycles. The first-order valence-corrected chi connectivity index (χ1v) is 10.0. The number of ketones is 1. The topological polar surface area (TPSA) is 123 Å². The molecule has 0 radical (unpaired) electrons. The van der Waals surface area contributed by atoms with Crippen molar-refractivity contribution in [1.29, 1.82) is 0 Å². The van der Waals surface area contributed by atoms with Crippen molar-refractivity contribution in [3.05, 3.63) is 99.0 Å². The van der Waals surface area contributed by atoms with Gasteiger partial charge >= 0.3 is 0 Å². The molecule has 9 heteroatoms. The molecule has 9 nitrogen and oxygen atoms in total. The van der Waals surface area contributed by atoms with Crippen molar-refractivity contribution in [1.82, 2.24) is 4.90 Å². The second-order valence-electron chi connectivity index (χ2n) is 7.53. The van der Waals surface area contributed by atoms with E-state index in [1.807, 2.05) is 0 Å². The molecular weight excluding hydrogens is 428 g/mol. The van der Waals surface area contributed by atoms with E-state index in [0.717, 1.165) is 11.6 Å². The second kappa shape index (κ2) is 8.62. The lowest BCUT2D eigenvalue weighted by atomic mass is 9.99. The SMILES string of the molecule is COc1ccc(CN2C(=O)C(=O)/C(=C(\O)c3cccc([N+](=O)[O-])c3)C2c2ccc(C)o2)cc1. The first-order valence-electron chi connectivity index (χ1n) is 10.0. The molecule has 1 amide bonds. The van der Waals surface area contributed by atoms with E-state index in [2.05, 4.69) is 0 Å². The molecule has 2 aromatic carbocycles. The number of hydrogen-bond donors (Lipinski definition) is 1. The number of nitro benzene ring substituents is 1. The molecule has 1 atom stereocenters. The summed E-state index contributed by atoms with van der Waals surface area (Å²) in [5.74, 6) is -0.705. The molecule has 1 aliphatic heterocycles. The smallest absolute Gasteiger partial charge is 0.296 e. The standard InChI is InChI=1S/C24H20N2O7/c1-14-6-11-19(33-14)21-20(22(27)16-4-3-5-17(12-16)26(30)31)23(28)24(29)25(21)13-15-7-9-18(32-2)10-8-15/h3-12,21,27H,13H2,1-2H3/b22-20-. The van der Waals surface area contributed by atoms with Crippen molar-refractivity contribution >= 4 is 23.1 Å². The molecule has 4 rings (SSSR count). The molecule has 0 bridgehead atoms. The van der Waals surface area contributed by atoms with Gasteiger partial charge in [-0.3, -0.25) is 19.7 Å². The Morgan fingerprint density at radius 3 is 2.48 bits per heavy atom. The average Bonchev–Trinajstić information content (AvgIpc) is 3.35. The van der Waals surface area contributed by atoms with Gasteiger partial charge in [0.2, 0.25) is 0 Å². The van der Waals surface area contributed by atoms with E-state index in [1.165, 1.54) is 23.1 Å². The maximum atomic E-state index is 13.0. The molecule has 0 spiro atoms. The quantitative estimate of drug-likeness (QED) is 0.198. The van der Waals surface area contributed by atoms with E-state index in [0.29, 0.717) is 17.3 Å². The summed E-state index contributed by atoms with van der Waals surface area (Å²) in [6.07, 6.45) is 0. The largest absolute Gasteiger partial charge is 0.507 e. The summed E-state index contributed by atoms with van der Waals surface area (Å²) in [4.78, 5) is 37.9. The lowest BCUT2D eigenvalue weighted by Gasteiger charge is -2.23. The van der Waals surface area contributed by atoms with Gasteiger partial charge in [0.15, 0.2) is 0 Å². The van der Waals surface area contributed by atoms with Crippen molar-refractivity contribution in [2.75, 3.05) is 7.11 Å². The number of rotatable bonds is 6. The summed E-state index contributed by atoms with van der Waals surface area (Å²) in [6.45, 7) is 1.80. The lowest BCUT2D eigenvalue weighted by molar-refractivity contribution is -0.384. The Hall–Kier alpha value is -4.40. The van der Waals surface area contributed by atoms with E-state index in [-0.39, 0.29) is 23.4 Å². The van der Waals surface area contributed by atoms with E-state index in [4.69, 9.17) is 9.15 Å². The van der Waals surface area contributed by atoms with Crippen molar-refractivity contribution in [2.45, 2.75) is 19.5 Å². The van der Waals surface area contributed by atoms with Gasteiger partial charge in [-0.15, -0.1) is 0 Å². The molecule has 1 unspecified atom stereocenters. The number of non-ortho nitro benzene ring substituents is 1. The fourth-order valence-corrected chi connectivity index (χ4v) is 3.79. The van der Waals surface area contributed by atoms with Gasteiger partial charge in [0, 0.05) is 24.2 Å². The number of amides is 1. The number of nitro groups is 1.